The third-order valence-electron chi connectivity index (χ3n) is 3.80. The fourth-order valence-electron chi connectivity index (χ4n) is 2.50. The minimum Gasteiger partial charge on any atom is -0.455 e. The Labute approximate surface area is 159 Å². The number of halogens is 4. The van der Waals surface area contributed by atoms with E-state index in [1.54, 1.807) is 24.3 Å². The zero-order chi connectivity index (χ0) is 20.1. The highest BCUT2D eigenvalue weighted by atomic mass is 35.5. The highest BCUT2D eigenvalue weighted by molar-refractivity contribution is 6.30. The van der Waals surface area contributed by atoms with E-state index in [4.69, 9.17) is 16.3 Å². The van der Waals surface area contributed by atoms with Crippen LogP contribution < -0.4 is 5.32 Å². The minimum absolute atomic E-state index is 0.120. The van der Waals surface area contributed by atoms with Gasteiger partial charge in [0, 0.05) is 5.02 Å². The molecule has 0 aliphatic carbocycles. The molecule has 0 bridgehead atoms. The lowest BCUT2D eigenvalue weighted by atomic mass is 9.88. The number of anilines is 1. The molecule has 0 heterocycles. The van der Waals surface area contributed by atoms with Crippen LogP contribution in [0.2, 0.25) is 5.02 Å². The van der Waals surface area contributed by atoms with Crippen LogP contribution in [-0.4, -0.2) is 18.5 Å². The van der Waals surface area contributed by atoms with Gasteiger partial charge in [0.05, 0.1) is 11.6 Å². The number of hydrogen-bond acceptors (Lipinski definition) is 3. The molecule has 0 aromatic heterocycles. The third-order valence-corrected chi connectivity index (χ3v) is 4.06. The van der Waals surface area contributed by atoms with Crippen molar-refractivity contribution >= 4 is 29.2 Å². The van der Waals surface area contributed by atoms with E-state index >= 15 is 0 Å². The number of carbonyl (C=O) groups is 2. The van der Waals surface area contributed by atoms with Crippen LogP contribution >= 0.6 is 11.6 Å². The van der Waals surface area contributed by atoms with Gasteiger partial charge in [0.1, 0.15) is 0 Å². The van der Waals surface area contributed by atoms with Gasteiger partial charge in [0.2, 0.25) is 0 Å². The van der Waals surface area contributed by atoms with Crippen LogP contribution in [0.1, 0.15) is 25.3 Å². The lowest BCUT2D eigenvalue weighted by molar-refractivity contribution is -0.149. The van der Waals surface area contributed by atoms with Crippen LogP contribution in [0.4, 0.5) is 18.9 Å². The Bertz CT molecular complexity index is 841. The molecule has 2 aromatic rings. The summed E-state index contributed by atoms with van der Waals surface area (Å²) in [6, 6.07) is 8.19. The van der Waals surface area contributed by atoms with Crippen LogP contribution in [0.3, 0.4) is 0 Å². The molecule has 2 rings (SSSR count). The van der Waals surface area contributed by atoms with E-state index in [1.165, 1.54) is 0 Å². The van der Waals surface area contributed by atoms with Crippen LogP contribution in [0.25, 0.3) is 0 Å². The summed E-state index contributed by atoms with van der Waals surface area (Å²) in [5.41, 5.74) is 0.125. The first-order valence-corrected chi connectivity index (χ1v) is 8.44. The summed E-state index contributed by atoms with van der Waals surface area (Å²) < 4.78 is 44.6. The highest BCUT2D eigenvalue weighted by Crippen LogP contribution is 2.27. The summed E-state index contributed by atoms with van der Waals surface area (Å²) in [7, 11) is 0. The van der Waals surface area contributed by atoms with Crippen molar-refractivity contribution in [2.45, 2.75) is 19.8 Å². The zero-order valence-electron chi connectivity index (χ0n) is 14.6. The molecule has 0 radical (unpaired) electrons. The number of nitrogens with one attached hydrogen (secondary N) is 1. The van der Waals surface area contributed by atoms with Crippen molar-refractivity contribution in [2.75, 3.05) is 11.9 Å². The quantitative estimate of drug-likeness (QED) is 0.567. The summed E-state index contributed by atoms with van der Waals surface area (Å²) >= 11 is 5.84. The van der Waals surface area contributed by atoms with E-state index in [2.05, 4.69) is 0 Å². The molecular formula is C19H17ClF3NO3. The first kappa shape index (κ1) is 20.8. The minimum atomic E-state index is -1.70. The van der Waals surface area contributed by atoms with Gasteiger partial charge in [0.25, 0.3) is 5.91 Å². The molecule has 0 spiro atoms. The van der Waals surface area contributed by atoms with Crippen molar-refractivity contribution in [2.24, 2.45) is 5.92 Å². The number of amides is 1. The van der Waals surface area contributed by atoms with Gasteiger partial charge in [-0.05, 0) is 35.7 Å². The number of benzene rings is 2. The Balaban J connectivity index is 2.01. The molecule has 0 saturated carbocycles. The van der Waals surface area contributed by atoms with Gasteiger partial charge in [-0.25, -0.2) is 13.2 Å². The second-order valence-electron chi connectivity index (χ2n) is 6.15. The van der Waals surface area contributed by atoms with Crippen molar-refractivity contribution in [1.82, 2.24) is 0 Å². The summed E-state index contributed by atoms with van der Waals surface area (Å²) in [6.07, 6.45) is 0. The second kappa shape index (κ2) is 8.90. The topological polar surface area (TPSA) is 55.4 Å². The zero-order valence-corrected chi connectivity index (χ0v) is 15.3. The van der Waals surface area contributed by atoms with Gasteiger partial charge in [-0.3, -0.25) is 9.59 Å². The summed E-state index contributed by atoms with van der Waals surface area (Å²) in [4.78, 5) is 24.2. The number of rotatable bonds is 6. The predicted molar refractivity (Wildman–Crippen MR) is 94.9 cm³/mol. The van der Waals surface area contributed by atoms with Gasteiger partial charge in [-0.15, -0.1) is 0 Å². The molecule has 144 valence electrons. The average Bonchev–Trinajstić information content (AvgIpc) is 2.62. The normalized spacial score (nSPS) is 12.0. The molecule has 2 aromatic carbocycles. The van der Waals surface area contributed by atoms with E-state index in [-0.39, 0.29) is 5.92 Å². The van der Waals surface area contributed by atoms with Crippen molar-refractivity contribution in [3.05, 3.63) is 64.4 Å². The monoisotopic (exact) mass is 399 g/mol. The Morgan fingerprint density at radius 3 is 2.26 bits per heavy atom. The number of hydrogen-bond donors (Lipinski definition) is 1. The average molecular weight is 400 g/mol. The van der Waals surface area contributed by atoms with Crippen LogP contribution in [0.15, 0.2) is 36.4 Å². The summed E-state index contributed by atoms with van der Waals surface area (Å²) in [6.45, 7) is 2.93. The van der Waals surface area contributed by atoms with Crippen LogP contribution in [0, 0.1) is 23.4 Å². The van der Waals surface area contributed by atoms with Crippen LogP contribution in [0.5, 0.6) is 0 Å². The molecule has 0 saturated heterocycles. The Hall–Kier alpha value is -2.54. The number of esters is 1. The maximum Gasteiger partial charge on any atom is 0.314 e. The SMILES string of the molecule is CC(C)[C@@H](C(=O)OCC(=O)Nc1ccc(F)c(F)c1F)c1ccc(Cl)cc1. The number of carbonyl (C=O) groups excluding carboxylic acids is 2. The van der Waals surface area contributed by atoms with E-state index in [1.807, 2.05) is 19.2 Å². The Kier molecular flexibility index (Phi) is 6.85. The fourth-order valence-corrected chi connectivity index (χ4v) is 2.62. The lowest BCUT2D eigenvalue weighted by Gasteiger charge is -2.20. The van der Waals surface area contributed by atoms with E-state index in [0.717, 1.165) is 6.07 Å². The molecule has 8 heteroatoms. The van der Waals surface area contributed by atoms with Gasteiger partial charge in [0.15, 0.2) is 24.1 Å². The van der Waals surface area contributed by atoms with E-state index in [9.17, 15) is 22.8 Å². The highest BCUT2D eigenvalue weighted by Gasteiger charge is 2.26. The molecule has 1 amide bonds. The molecule has 1 atom stereocenters. The molecular weight excluding hydrogens is 383 g/mol. The predicted octanol–water partition coefficient (Wildman–Crippen LogP) is 4.68. The van der Waals surface area contributed by atoms with E-state index < -0.39 is 47.5 Å². The fraction of sp³-hybridized carbons (Fsp3) is 0.263. The van der Waals surface area contributed by atoms with Crippen molar-refractivity contribution in [3.8, 4) is 0 Å². The van der Waals surface area contributed by atoms with Gasteiger partial charge >= 0.3 is 5.97 Å². The molecule has 0 aliphatic heterocycles. The van der Waals surface area contributed by atoms with Crippen LogP contribution in [-0.2, 0) is 14.3 Å². The van der Waals surface area contributed by atoms with Gasteiger partial charge in [-0.2, -0.15) is 0 Å². The van der Waals surface area contributed by atoms with Gasteiger partial charge in [-0.1, -0.05) is 37.6 Å². The molecule has 4 nitrogen and oxygen atoms in total. The van der Waals surface area contributed by atoms with Crippen molar-refractivity contribution < 1.29 is 27.5 Å². The Morgan fingerprint density at radius 2 is 1.67 bits per heavy atom. The second-order valence-corrected chi connectivity index (χ2v) is 6.59. The summed E-state index contributed by atoms with van der Waals surface area (Å²) in [5.74, 6) is -6.89. The maximum absolute atomic E-state index is 13.6. The maximum atomic E-state index is 13.6. The number of ether oxygens (including phenoxy) is 1. The molecule has 0 aliphatic rings. The van der Waals surface area contributed by atoms with Crippen molar-refractivity contribution in [1.29, 1.82) is 0 Å². The first-order valence-electron chi connectivity index (χ1n) is 8.06. The largest absolute Gasteiger partial charge is 0.455 e. The van der Waals surface area contributed by atoms with E-state index in [0.29, 0.717) is 16.7 Å². The van der Waals surface area contributed by atoms with Crippen molar-refractivity contribution in [3.63, 3.8) is 0 Å². The first-order chi connectivity index (χ1) is 12.7. The molecule has 27 heavy (non-hydrogen) atoms. The Morgan fingerprint density at radius 1 is 1.04 bits per heavy atom. The molecule has 0 fully saturated rings. The van der Waals surface area contributed by atoms with Gasteiger partial charge < -0.3 is 10.1 Å². The lowest BCUT2D eigenvalue weighted by Crippen LogP contribution is -2.26. The summed E-state index contributed by atoms with van der Waals surface area (Å²) in [5, 5.41) is 2.55. The smallest absolute Gasteiger partial charge is 0.314 e. The third kappa shape index (κ3) is 5.23. The molecule has 1 N–H and O–H groups in total. The standard InChI is InChI=1S/C19H17ClF3NO3/c1-10(2)16(11-3-5-12(20)6-4-11)19(26)27-9-15(25)24-14-8-7-13(21)17(22)18(14)23/h3-8,10,16H,9H2,1-2H3,(H,24,25)/t16-/m1/s1. The molecule has 0 unspecified atom stereocenters.